The molecule has 4 rings (SSSR count). The lowest BCUT2D eigenvalue weighted by molar-refractivity contribution is -0.857. The molecule has 0 spiro atoms. The lowest BCUT2D eigenvalue weighted by atomic mass is 9.95. The zero-order chi connectivity index (χ0) is 22.3. The van der Waals surface area contributed by atoms with Crippen LogP contribution in [0.3, 0.4) is 0 Å². The van der Waals surface area contributed by atoms with Crippen LogP contribution in [0.15, 0.2) is 51.7 Å². The number of ether oxygens (including phenoxy) is 1. The van der Waals surface area contributed by atoms with Crippen molar-refractivity contribution in [1.82, 2.24) is 4.90 Å². The number of rotatable bonds is 6. The van der Waals surface area contributed by atoms with Crippen LogP contribution in [0, 0.1) is 0 Å². The fourth-order valence-electron chi connectivity index (χ4n) is 4.11. The molecule has 0 aliphatic carbocycles. The molecule has 0 radical (unpaired) electrons. The number of nitrogens with one attached hydrogen (secondary N) is 1. The fourth-order valence-corrected chi connectivity index (χ4v) is 4.11. The summed E-state index contributed by atoms with van der Waals surface area (Å²) in [5.74, 6) is 0.882. The first kappa shape index (κ1) is 21.1. The topological polar surface area (TPSA) is 64.2 Å². The Hall–Kier alpha value is -3.12. The van der Waals surface area contributed by atoms with E-state index >= 15 is 0 Å². The van der Waals surface area contributed by atoms with Crippen LogP contribution in [0.4, 0.5) is 0 Å². The molecule has 2 aromatic carbocycles. The van der Waals surface area contributed by atoms with Crippen LogP contribution in [0.5, 0.6) is 5.75 Å². The number of methoxy groups -OCH3 is 1. The predicted molar refractivity (Wildman–Crippen MR) is 120 cm³/mol. The standard InChI is InChI=1S/C25H28N2O4/c1-15(2)16-6-8-17(9-7-16)22-21-23(28)19-11-10-18(30-5)14-20(19)31-24(21)25(29)27(22)13-12-26(3)4/h6-11,14-15,22H,12-13H2,1-5H3/p+1/t22-/m0/s1. The Morgan fingerprint density at radius 2 is 1.81 bits per heavy atom. The van der Waals surface area contributed by atoms with Gasteiger partial charge in [0.25, 0.3) is 5.91 Å². The van der Waals surface area contributed by atoms with E-state index in [0.717, 1.165) is 12.1 Å². The van der Waals surface area contributed by atoms with Crippen LogP contribution in [-0.4, -0.2) is 45.1 Å². The van der Waals surface area contributed by atoms with Gasteiger partial charge in [-0.15, -0.1) is 0 Å². The fraction of sp³-hybridized carbons (Fsp3) is 0.360. The summed E-state index contributed by atoms with van der Waals surface area (Å²) >= 11 is 0. The zero-order valence-electron chi connectivity index (χ0n) is 18.7. The smallest absolute Gasteiger partial charge is 0.291 e. The number of hydrogen-bond acceptors (Lipinski definition) is 4. The second-order valence-corrected chi connectivity index (χ2v) is 8.72. The first-order valence-corrected chi connectivity index (χ1v) is 10.7. The van der Waals surface area contributed by atoms with E-state index in [1.54, 1.807) is 30.2 Å². The Labute approximate surface area is 182 Å². The van der Waals surface area contributed by atoms with Crippen LogP contribution < -0.4 is 15.1 Å². The molecule has 1 N–H and O–H groups in total. The van der Waals surface area contributed by atoms with Gasteiger partial charge in [-0.2, -0.15) is 0 Å². The molecule has 1 aliphatic heterocycles. The third kappa shape index (κ3) is 3.72. The van der Waals surface area contributed by atoms with E-state index < -0.39 is 6.04 Å². The summed E-state index contributed by atoms with van der Waals surface area (Å²) in [6, 6.07) is 12.8. The van der Waals surface area contributed by atoms with Crippen molar-refractivity contribution in [2.45, 2.75) is 25.8 Å². The quantitative estimate of drug-likeness (QED) is 0.665. The van der Waals surface area contributed by atoms with E-state index in [1.807, 2.05) is 26.2 Å². The van der Waals surface area contributed by atoms with Crippen molar-refractivity contribution < 1.29 is 18.8 Å². The number of nitrogens with zero attached hydrogens (tertiary/aromatic N) is 1. The molecule has 0 unspecified atom stereocenters. The zero-order valence-corrected chi connectivity index (χ0v) is 18.7. The SMILES string of the molecule is COc1ccc2c(=O)c3c(oc2c1)C(=O)N(CC[NH+](C)C)[C@H]3c1ccc(C(C)C)cc1. The minimum atomic E-state index is -0.453. The molecular formula is C25H29N2O4+. The van der Waals surface area contributed by atoms with Crippen molar-refractivity contribution in [1.29, 1.82) is 0 Å². The average Bonchev–Trinajstić information content (AvgIpc) is 3.04. The van der Waals surface area contributed by atoms with Gasteiger partial charge in [0, 0.05) is 6.07 Å². The summed E-state index contributed by atoms with van der Waals surface area (Å²) < 4.78 is 11.3. The highest BCUT2D eigenvalue weighted by Gasteiger charge is 2.42. The Kier molecular flexibility index (Phi) is 5.58. The highest BCUT2D eigenvalue weighted by molar-refractivity contribution is 5.99. The van der Waals surface area contributed by atoms with Gasteiger partial charge in [0.1, 0.15) is 11.3 Å². The molecule has 2 heterocycles. The Balaban J connectivity index is 1.90. The summed E-state index contributed by atoms with van der Waals surface area (Å²) in [5, 5.41) is 0.455. The van der Waals surface area contributed by atoms with Crippen molar-refractivity contribution in [3.8, 4) is 5.75 Å². The summed E-state index contributed by atoms with van der Waals surface area (Å²) in [5.41, 5.74) is 2.77. The number of carbonyl (C=O) groups excluding carboxylic acids is 1. The Morgan fingerprint density at radius 3 is 2.42 bits per heavy atom. The predicted octanol–water partition coefficient (Wildman–Crippen LogP) is 2.61. The molecule has 31 heavy (non-hydrogen) atoms. The highest BCUT2D eigenvalue weighted by Crippen LogP contribution is 2.38. The van der Waals surface area contributed by atoms with Crippen LogP contribution in [-0.2, 0) is 0 Å². The summed E-state index contributed by atoms with van der Waals surface area (Å²) in [6.07, 6.45) is 0. The number of benzene rings is 2. The molecule has 1 amide bonds. The number of hydrogen-bond donors (Lipinski definition) is 1. The lowest BCUT2D eigenvalue weighted by Gasteiger charge is -2.25. The van der Waals surface area contributed by atoms with Crippen molar-refractivity contribution in [3.63, 3.8) is 0 Å². The average molecular weight is 422 g/mol. The van der Waals surface area contributed by atoms with E-state index in [9.17, 15) is 9.59 Å². The van der Waals surface area contributed by atoms with Gasteiger partial charge in [-0.05, 0) is 29.2 Å². The number of fused-ring (bicyclic) bond motifs is 2. The number of likely N-dealkylation sites (N-methyl/N-ethyl adjacent to an activating group) is 1. The number of amides is 1. The minimum Gasteiger partial charge on any atom is -0.497 e. The van der Waals surface area contributed by atoms with Crippen LogP contribution >= 0.6 is 0 Å². The molecule has 1 aromatic heterocycles. The van der Waals surface area contributed by atoms with Gasteiger partial charge >= 0.3 is 0 Å². The lowest BCUT2D eigenvalue weighted by Crippen LogP contribution is -3.06. The van der Waals surface area contributed by atoms with Crippen LogP contribution in [0.1, 0.15) is 53.1 Å². The van der Waals surface area contributed by atoms with Gasteiger partial charge in [-0.3, -0.25) is 9.59 Å². The molecule has 0 saturated carbocycles. The number of carbonyl (C=O) groups is 1. The van der Waals surface area contributed by atoms with Crippen LogP contribution in [0.25, 0.3) is 11.0 Å². The van der Waals surface area contributed by atoms with E-state index in [-0.39, 0.29) is 17.1 Å². The molecule has 3 aromatic rings. The second kappa shape index (κ2) is 8.19. The van der Waals surface area contributed by atoms with Gasteiger partial charge < -0.3 is 19.0 Å². The first-order chi connectivity index (χ1) is 14.8. The molecule has 0 fully saturated rings. The van der Waals surface area contributed by atoms with Crippen molar-refractivity contribution in [2.75, 3.05) is 34.3 Å². The highest BCUT2D eigenvalue weighted by atomic mass is 16.5. The summed E-state index contributed by atoms with van der Waals surface area (Å²) in [6.45, 7) is 5.58. The van der Waals surface area contributed by atoms with Gasteiger partial charge in [0.2, 0.25) is 5.76 Å². The maximum atomic E-state index is 13.5. The molecule has 162 valence electrons. The third-order valence-corrected chi connectivity index (χ3v) is 5.95. The molecular weight excluding hydrogens is 392 g/mol. The van der Waals surface area contributed by atoms with Crippen LogP contribution in [0.2, 0.25) is 0 Å². The first-order valence-electron chi connectivity index (χ1n) is 10.7. The van der Waals surface area contributed by atoms with Crippen molar-refractivity contribution >= 4 is 16.9 Å². The van der Waals surface area contributed by atoms with Gasteiger partial charge in [0.15, 0.2) is 5.43 Å². The largest absolute Gasteiger partial charge is 0.497 e. The van der Waals surface area contributed by atoms with Gasteiger partial charge in [-0.1, -0.05) is 38.1 Å². The van der Waals surface area contributed by atoms with Crippen molar-refractivity contribution in [2.24, 2.45) is 0 Å². The molecule has 1 aliphatic rings. The third-order valence-electron chi connectivity index (χ3n) is 5.95. The maximum absolute atomic E-state index is 13.5. The number of quaternary nitrogens is 1. The Morgan fingerprint density at radius 1 is 1.10 bits per heavy atom. The molecule has 1 atom stereocenters. The van der Waals surface area contributed by atoms with E-state index in [0.29, 0.717) is 34.7 Å². The Bertz CT molecular complexity index is 1180. The maximum Gasteiger partial charge on any atom is 0.291 e. The van der Waals surface area contributed by atoms with E-state index in [2.05, 4.69) is 26.0 Å². The van der Waals surface area contributed by atoms with Gasteiger partial charge in [-0.25, -0.2) is 0 Å². The normalized spacial score (nSPS) is 15.9. The van der Waals surface area contributed by atoms with E-state index in [1.165, 1.54) is 10.5 Å². The summed E-state index contributed by atoms with van der Waals surface area (Å²) in [4.78, 5) is 29.9. The van der Waals surface area contributed by atoms with Crippen molar-refractivity contribution in [3.05, 3.63) is 75.1 Å². The monoisotopic (exact) mass is 421 g/mol. The van der Waals surface area contributed by atoms with Gasteiger partial charge in [0.05, 0.1) is 51.3 Å². The van der Waals surface area contributed by atoms with E-state index in [4.69, 9.17) is 9.15 Å². The molecule has 6 heteroatoms. The molecule has 6 nitrogen and oxygen atoms in total. The molecule has 0 bridgehead atoms. The minimum absolute atomic E-state index is 0.137. The summed E-state index contributed by atoms with van der Waals surface area (Å²) in [7, 11) is 5.65. The second-order valence-electron chi connectivity index (χ2n) is 8.72. The molecule has 0 saturated heterocycles.